The van der Waals surface area contributed by atoms with Gasteiger partial charge in [-0.05, 0) is 37.0 Å². The number of nitrogens with one attached hydrogen (secondary N) is 1. The molecule has 0 aromatic heterocycles. The Morgan fingerprint density at radius 1 is 1.53 bits per heavy atom. The topological polar surface area (TPSA) is 58.6 Å². The molecule has 0 radical (unpaired) electrons. The monoisotopic (exact) mass is 327 g/mol. The average Bonchev–Trinajstić information content (AvgIpc) is 2.84. The lowest BCUT2D eigenvalue weighted by molar-refractivity contribution is 0.0697. The Hall–Kier alpha value is -0.910. The number of carbonyl (C=O) groups is 1. The molecule has 1 saturated carbocycles. The highest BCUT2D eigenvalue weighted by Crippen LogP contribution is 2.23. The maximum atomic E-state index is 10.9. The van der Waals surface area contributed by atoms with Crippen molar-refractivity contribution in [2.75, 3.05) is 7.11 Å². The van der Waals surface area contributed by atoms with Crippen LogP contribution in [0.25, 0.3) is 0 Å². The molecule has 0 heterocycles. The summed E-state index contributed by atoms with van der Waals surface area (Å²) in [7, 11) is 1.75. The molecule has 2 unspecified atom stereocenters. The molecule has 1 fully saturated rings. The first-order valence-corrected chi connectivity index (χ1v) is 7.19. The molecule has 0 spiro atoms. The zero-order valence-electron chi connectivity index (χ0n) is 10.9. The molecule has 0 bridgehead atoms. The van der Waals surface area contributed by atoms with Gasteiger partial charge in [0.15, 0.2) is 0 Å². The Kier molecular flexibility index (Phi) is 4.96. The van der Waals surface area contributed by atoms with Crippen molar-refractivity contribution in [1.82, 2.24) is 5.32 Å². The van der Waals surface area contributed by atoms with Gasteiger partial charge in [0.2, 0.25) is 0 Å². The quantitative estimate of drug-likeness (QED) is 0.873. The van der Waals surface area contributed by atoms with Gasteiger partial charge in [-0.2, -0.15) is 0 Å². The SMILES string of the molecule is COC1CCCC1NCc1ccc(C(=O)O)cc1Br. The zero-order chi connectivity index (χ0) is 13.8. The van der Waals surface area contributed by atoms with E-state index in [1.54, 1.807) is 19.2 Å². The second-order valence-corrected chi connectivity index (χ2v) is 5.66. The van der Waals surface area contributed by atoms with Crippen LogP contribution < -0.4 is 5.32 Å². The molecule has 1 aromatic carbocycles. The number of carboxylic acids is 1. The first kappa shape index (κ1) is 14.5. The van der Waals surface area contributed by atoms with Gasteiger partial charge in [-0.1, -0.05) is 22.0 Å². The minimum atomic E-state index is -0.907. The molecule has 1 aliphatic rings. The number of hydrogen-bond acceptors (Lipinski definition) is 3. The number of carboxylic acid groups (broad SMARTS) is 1. The fraction of sp³-hybridized carbons (Fsp3) is 0.500. The number of ether oxygens (including phenoxy) is 1. The molecule has 1 aromatic rings. The van der Waals surface area contributed by atoms with Crippen molar-refractivity contribution < 1.29 is 14.6 Å². The molecule has 0 aliphatic heterocycles. The maximum absolute atomic E-state index is 10.9. The largest absolute Gasteiger partial charge is 0.478 e. The van der Waals surface area contributed by atoms with E-state index in [4.69, 9.17) is 9.84 Å². The smallest absolute Gasteiger partial charge is 0.335 e. The van der Waals surface area contributed by atoms with Crippen LogP contribution in [0.2, 0.25) is 0 Å². The van der Waals surface area contributed by atoms with Gasteiger partial charge < -0.3 is 15.2 Å². The molecule has 2 rings (SSSR count). The van der Waals surface area contributed by atoms with E-state index in [0.29, 0.717) is 18.2 Å². The highest BCUT2D eigenvalue weighted by molar-refractivity contribution is 9.10. The Morgan fingerprint density at radius 3 is 2.95 bits per heavy atom. The third kappa shape index (κ3) is 3.55. The predicted molar refractivity (Wildman–Crippen MR) is 76.4 cm³/mol. The molecular formula is C14H18BrNO3. The first-order valence-electron chi connectivity index (χ1n) is 6.39. The van der Waals surface area contributed by atoms with Crippen LogP contribution in [0.3, 0.4) is 0 Å². The van der Waals surface area contributed by atoms with Gasteiger partial charge in [-0.25, -0.2) is 4.79 Å². The Morgan fingerprint density at radius 2 is 2.32 bits per heavy atom. The number of rotatable bonds is 5. The summed E-state index contributed by atoms with van der Waals surface area (Å²) in [6.07, 6.45) is 3.71. The van der Waals surface area contributed by atoms with Crippen molar-refractivity contribution in [1.29, 1.82) is 0 Å². The Labute approximate surface area is 121 Å². The maximum Gasteiger partial charge on any atom is 0.335 e. The van der Waals surface area contributed by atoms with Crippen LogP contribution in [0.15, 0.2) is 22.7 Å². The molecule has 0 amide bonds. The summed E-state index contributed by atoms with van der Waals surface area (Å²) in [6.45, 7) is 0.713. The van der Waals surface area contributed by atoms with Crippen LogP contribution in [0.5, 0.6) is 0 Å². The van der Waals surface area contributed by atoms with Gasteiger partial charge >= 0.3 is 5.97 Å². The van der Waals surface area contributed by atoms with Crippen molar-refractivity contribution in [3.05, 3.63) is 33.8 Å². The van der Waals surface area contributed by atoms with Crippen molar-refractivity contribution in [3.63, 3.8) is 0 Å². The van der Waals surface area contributed by atoms with E-state index in [9.17, 15) is 4.79 Å². The minimum absolute atomic E-state index is 0.289. The molecule has 2 N–H and O–H groups in total. The summed E-state index contributed by atoms with van der Waals surface area (Å²) >= 11 is 3.42. The Balaban J connectivity index is 1.98. The summed E-state index contributed by atoms with van der Waals surface area (Å²) in [5.74, 6) is -0.907. The third-order valence-electron chi connectivity index (χ3n) is 3.61. The normalized spacial score (nSPS) is 22.6. The van der Waals surface area contributed by atoms with E-state index < -0.39 is 5.97 Å². The lowest BCUT2D eigenvalue weighted by atomic mass is 10.1. The van der Waals surface area contributed by atoms with Crippen LogP contribution in [0.1, 0.15) is 35.2 Å². The van der Waals surface area contributed by atoms with E-state index >= 15 is 0 Å². The van der Waals surface area contributed by atoms with Crippen LogP contribution in [0.4, 0.5) is 0 Å². The summed E-state index contributed by atoms with van der Waals surface area (Å²) in [6, 6.07) is 5.50. The number of benzene rings is 1. The van der Waals surface area contributed by atoms with Crippen LogP contribution in [0, 0.1) is 0 Å². The highest BCUT2D eigenvalue weighted by atomic mass is 79.9. The Bertz CT molecular complexity index is 464. The molecule has 2 atom stereocenters. The van der Waals surface area contributed by atoms with Crippen molar-refractivity contribution in [2.45, 2.75) is 38.0 Å². The fourth-order valence-electron chi connectivity index (χ4n) is 2.51. The van der Waals surface area contributed by atoms with Gasteiger partial charge in [0.25, 0.3) is 0 Å². The van der Waals surface area contributed by atoms with Crippen LogP contribution in [-0.4, -0.2) is 30.3 Å². The standard InChI is InChI=1S/C14H18BrNO3/c1-19-13-4-2-3-12(13)16-8-10-6-5-9(14(17)18)7-11(10)15/h5-7,12-13,16H,2-4,8H2,1H3,(H,17,18). The molecule has 0 saturated heterocycles. The molecular weight excluding hydrogens is 310 g/mol. The molecule has 1 aliphatic carbocycles. The number of aromatic carboxylic acids is 1. The lowest BCUT2D eigenvalue weighted by Crippen LogP contribution is -2.36. The summed E-state index contributed by atoms with van der Waals surface area (Å²) < 4.78 is 6.27. The van der Waals surface area contributed by atoms with Gasteiger partial charge in [-0.15, -0.1) is 0 Å². The van der Waals surface area contributed by atoms with Crippen LogP contribution >= 0.6 is 15.9 Å². The van der Waals surface area contributed by atoms with Gasteiger partial charge in [0.05, 0.1) is 11.7 Å². The van der Waals surface area contributed by atoms with E-state index in [1.807, 2.05) is 6.07 Å². The second kappa shape index (κ2) is 6.50. The first-order chi connectivity index (χ1) is 9.11. The average molecular weight is 328 g/mol. The number of methoxy groups -OCH3 is 1. The van der Waals surface area contributed by atoms with E-state index in [1.165, 1.54) is 6.42 Å². The summed E-state index contributed by atoms with van der Waals surface area (Å²) in [5.41, 5.74) is 1.36. The van der Waals surface area contributed by atoms with Crippen molar-refractivity contribution in [3.8, 4) is 0 Å². The summed E-state index contributed by atoms with van der Waals surface area (Å²) in [5, 5.41) is 12.4. The van der Waals surface area contributed by atoms with Crippen molar-refractivity contribution >= 4 is 21.9 Å². The minimum Gasteiger partial charge on any atom is -0.478 e. The molecule has 104 valence electrons. The highest BCUT2D eigenvalue weighted by Gasteiger charge is 2.26. The van der Waals surface area contributed by atoms with Gasteiger partial charge in [0.1, 0.15) is 0 Å². The molecule has 4 nitrogen and oxygen atoms in total. The van der Waals surface area contributed by atoms with E-state index in [-0.39, 0.29) is 6.10 Å². The van der Waals surface area contributed by atoms with E-state index in [0.717, 1.165) is 22.9 Å². The van der Waals surface area contributed by atoms with Crippen molar-refractivity contribution in [2.24, 2.45) is 0 Å². The number of hydrogen-bond donors (Lipinski definition) is 2. The molecule has 19 heavy (non-hydrogen) atoms. The van der Waals surface area contributed by atoms with Gasteiger partial charge in [0, 0.05) is 24.2 Å². The summed E-state index contributed by atoms with van der Waals surface area (Å²) in [4.78, 5) is 10.9. The van der Waals surface area contributed by atoms with Gasteiger partial charge in [-0.3, -0.25) is 0 Å². The molecule has 5 heteroatoms. The lowest BCUT2D eigenvalue weighted by Gasteiger charge is -2.20. The van der Waals surface area contributed by atoms with E-state index in [2.05, 4.69) is 21.2 Å². The third-order valence-corrected chi connectivity index (χ3v) is 4.35. The predicted octanol–water partition coefficient (Wildman–Crippen LogP) is 2.80. The zero-order valence-corrected chi connectivity index (χ0v) is 12.4. The number of halogens is 1. The second-order valence-electron chi connectivity index (χ2n) is 4.80. The van der Waals surface area contributed by atoms with Crippen LogP contribution in [-0.2, 0) is 11.3 Å². The fourth-order valence-corrected chi connectivity index (χ4v) is 3.03.